The Labute approximate surface area is 113 Å². The number of rotatable bonds is 8. The van der Waals surface area contributed by atoms with Crippen LogP contribution in [0.3, 0.4) is 0 Å². The van der Waals surface area contributed by atoms with Crippen LogP contribution in [0.15, 0.2) is 0 Å². The molecule has 1 heterocycles. The van der Waals surface area contributed by atoms with E-state index in [0.717, 1.165) is 32.2 Å². The molecule has 1 aliphatic rings. The van der Waals surface area contributed by atoms with E-state index in [9.17, 15) is 0 Å². The maximum absolute atomic E-state index is 5.52. The van der Waals surface area contributed by atoms with Gasteiger partial charge in [-0.05, 0) is 25.7 Å². The van der Waals surface area contributed by atoms with Gasteiger partial charge in [-0.1, -0.05) is 27.2 Å². The number of ether oxygens (including phenoxy) is 1. The van der Waals surface area contributed by atoms with E-state index in [1.165, 1.54) is 25.8 Å². The van der Waals surface area contributed by atoms with E-state index in [1.807, 2.05) is 0 Å². The Morgan fingerprint density at radius 1 is 1.33 bits per heavy atom. The highest BCUT2D eigenvalue weighted by Gasteiger charge is 2.27. The smallest absolute Gasteiger partial charge is 0.0593 e. The Balaban J connectivity index is 2.44. The molecule has 0 saturated carbocycles. The lowest BCUT2D eigenvalue weighted by atomic mass is 9.98. The van der Waals surface area contributed by atoms with Crippen LogP contribution in [0, 0.1) is 5.92 Å². The average molecular weight is 256 g/mol. The highest BCUT2D eigenvalue weighted by atomic mass is 16.5. The second-order valence-electron chi connectivity index (χ2n) is 5.87. The molecule has 1 rings (SSSR count). The molecule has 1 aliphatic heterocycles. The van der Waals surface area contributed by atoms with Gasteiger partial charge >= 0.3 is 0 Å². The molecule has 0 amide bonds. The quantitative estimate of drug-likeness (QED) is 0.675. The van der Waals surface area contributed by atoms with E-state index in [0.29, 0.717) is 12.1 Å². The summed E-state index contributed by atoms with van der Waals surface area (Å²) in [5, 5.41) is 3.71. The normalized spacial score (nSPS) is 25.8. The molecule has 0 aromatic carbocycles. The highest BCUT2D eigenvalue weighted by molar-refractivity contribution is 4.86. The van der Waals surface area contributed by atoms with Crippen molar-refractivity contribution in [3.8, 4) is 0 Å². The summed E-state index contributed by atoms with van der Waals surface area (Å²) in [5.41, 5.74) is 0. The van der Waals surface area contributed by atoms with Crippen LogP contribution in [0.4, 0.5) is 0 Å². The van der Waals surface area contributed by atoms with Gasteiger partial charge in [-0.3, -0.25) is 4.90 Å². The van der Waals surface area contributed by atoms with Gasteiger partial charge in [0.25, 0.3) is 0 Å². The maximum Gasteiger partial charge on any atom is 0.0593 e. The highest BCUT2D eigenvalue weighted by Crippen LogP contribution is 2.16. The first-order chi connectivity index (χ1) is 8.67. The molecule has 0 aliphatic carbocycles. The van der Waals surface area contributed by atoms with Crippen molar-refractivity contribution < 1.29 is 4.74 Å². The molecule has 0 bridgehead atoms. The Morgan fingerprint density at radius 3 is 2.72 bits per heavy atom. The van der Waals surface area contributed by atoms with E-state index >= 15 is 0 Å². The molecule has 18 heavy (non-hydrogen) atoms. The zero-order chi connectivity index (χ0) is 13.4. The summed E-state index contributed by atoms with van der Waals surface area (Å²) in [6.45, 7) is 14.1. The third-order valence-corrected chi connectivity index (χ3v) is 3.72. The molecule has 1 saturated heterocycles. The van der Waals surface area contributed by atoms with Crippen LogP contribution in [0.1, 0.15) is 47.0 Å². The van der Waals surface area contributed by atoms with E-state index in [4.69, 9.17) is 4.74 Å². The van der Waals surface area contributed by atoms with E-state index in [1.54, 1.807) is 0 Å². The molecule has 3 heteroatoms. The summed E-state index contributed by atoms with van der Waals surface area (Å²) in [6.07, 6.45) is 3.85. The van der Waals surface area contributed by atoms with E-state index in [-0.39, 0.29) is 0 Å². The molecule has 108 valence electrons. The lowest BCUT2D eigenvalue weighted by Crippen LogP contribution is -2.57. The second kappa shape index (κ2) is 8.89. The Morgan fingerprint density at radius 2 is 2.11 bits per heavy atom. The SMILES string of the molecule is CCCC1CN(CCOCC)C(CC(C)C)CN1. The fraction of sp³-hybridized carbons (Fsp3) is 1.00. The lowest BCUT2D eigenvalue weighted by molar-refractivity contribution is 0.0616. The number of hydrogen-bond donors (Lipinski definition) is 1. The van der Waals surface area contributed by atoms with Gasteiger partial charge in [0, 0.05) is 38.3 Å². The lowest BCUT2D eigenvalue weighted by Gasteiger charge is -2.41. The van der Waals surface area contributed by atoms with Crippen LogP contribution < -0.4 is 5.32 Å². The second-order valence-corrected chi connectivity index (χ2v) is 5.87. The van der Waals surface area contributed by atoms with Crippen molar-refractivity contribution >= 4 is 0 Å². The van der Waals surface area contributed by atoms with Crippen molar-refractivity contribution in [1.29, 1.82) is 0 Å². The fourth-order valence-corrected chi connectivity index (χ4v) is 2.85. The van der Waals surface area contributed by atoms with Gasteiger partial charge in [-0.25, -0.2) is 0 Å². The first-order valence-electron chi connectivity index (χ1n) is 7.72. The van der Waals surface area contributed by atoms with E-state index < -0.39 is 0 Å². The van der Waals surface area contributed by atoms with Crippen molar-refractivity contribution in [1.82, 2.24) is 10.2 Å². The molecule has 2 unspecified atom stereocenters. The van der Waals surface area contributed by atoms with Crippen LogP contribution in [0.5, 0.6) is 0 Å². The molecule has 0 aromatic rings. The molecular formula is C15H32N2O. The fourth-order valence-electron chi connectivity index (χ4n) is 2.85. The van der Waals surface area contributed by atoms with Gasteiger partial charge in [0.05, 0.1) is 6.61 Å². The summed E-state index contributed by atoms with van der Waals surface area (Å²) in [7, 11) is 0. The molecule has 0 aromatic heterocycles. The summed E-state index contributed by atoms with van der Waals surface area (Å²) in [6, 6.07) is 1.37. The molecule has 3 nitrogen and oxygen atoms in total. The average Bonchev–Trinajstić information content (AvgIpc) is 2.32. The summed E-state index contributed by atoms with van der Waals surface area (Å²) < 4.78 is 5.52. The molecule has 1 N–H and O–H groups in total. The third-order valence-electron chi connectivity index (χ3n) is 3.72. The van der Waals surface area contributed by atoms with Gasteiger partial charge < -0.3 is 10.1 Å². The van der Waals surface area contributed by atoms with Crippen molar-refractivity contribution in [3.63, 3.8) is 0 Å². The number of nitrogens with one attached hydrogen (secondary N) is 1. The summed E-state index contributed by atoms with van der Waals surface area (Å²) >= 11 is 0. The first-order valence-corrected chi connectivity index (χ1v) is 7.72. The maximum atomic E-state index is 5.52. The minimum Gasteiger partial charge on any atom is -0.380 e. The monoisotopic (exact) mass is 256 g/mol. The van der Waals surface area contributed by atoms with Gasteiger partial charge in [0.1, 0.15) is 0 Å². The van der Waals surface area contributed by atoms with Crippen molar-refractivity contribution in [2.24, 2.45) is 5.92 Å². The zero-order valence-corrected chi connectivity index (χ0v) is 12.7. The molecule has 0 radical (unpaired) electrons. The Bertz CT molecular complexity index is 209. The van der Waals surface area contributed by atoms with Crippen LogP contribution >= 0.6 is 0 Å². The number of nitrogens with zero attached hydrogens (tertiary/aromatic N) is 1. The standard InChI is InChI=1S/C15H32N2O/c1-5-7-14-12-17(8-9-18-6-2)15(11-16-14)10-13(3)4/h13-16H,5-12H2,1-4H3. The van der Waals surface area contributed by atoms with Crippen molar-refractivity contribution in [3.05, 3.63) is 0 Å². The van der Waals surface area contributed by atoms with Crippen LogP contribution in [-0.4, -0.2) is 49.8 Å². The summed E-state index contributed by atoms with van der Waals surface area (Å²) in [5.74, 6) is 0.772. The predicted octanol–water partition coefficient (Wildman–Crippen LogP) is 2.51. The van der Waals surface area contributed by atoms with Gasteiger partial charge in [-0.2, -0.15) is 0 Å². The number of piperazine rings is 1. The predicted molar refractivity (Wildman–Crippen MR) is 78.0 cm³/mol. The molecule has 1 fully saturated rings. The molecule has 0 spiro atoms. The summed E-state index contributed by atoms with van der Waals surface area (Å²) in [4.78, 5) is 2.65. The van der Waals surface area contributed by atoms with Crippen LogP contribution in [0.25, 0.3) is 0 Å². The largest absolute Gasteiger partial charge is 0.380 e. The minimum absolute atomic E-state index is 0.681. The van der Waals surface area contributed by atoms with Crippen molar-refractivity contribution in [2.45, 2.75) is 59.0 Å². The molecule has 2 atom stereocenters. The number of hydrogen-bond acceptors (Lipinski definition) is 3. The van der Waals surface area contributed by atoms with Crippen LogP contribution in [-0.2, 0) is 4.74 Å². The van der Waals surface area contributed by atoms with Gasteiger partial charge in [0.15, 0.2) is 0 Å². The van der Waals surface area contributed by atoms with Gasteiger partial charge in [0.2, 0.25) is 0 Å². The Hall–Kier alpha value is -0.120. The zero-order valence-electron chi connectivity index (χ0n) is 12.7. The van der Waals surface area contributed by atoms with Gasteiger partial charge in [-0.15, -0.1) is 0 Å². The Kier molecular flexibility index (Phi) is 7.87. The topological polar surface area (TPSA) is 24.5 Å². The minimum atomic E-state index is 0.681. The van der Waals surface area contributed by atoms with Crippen molar-refractivity contribution in [2.75, 3.05) is 32.8 Å². The third kappa shape index (κ3) is 5.68. The van der Waals surface area contributed by atoms with E-state index in [2.05, 4.69) is 37.9 Å². The first kappa shape index (κ1) is 15.9. The van der Waals surface area contributed by atoms with Crippen LogP contribution in [0.2, 0.25) is 0 Å². The molecular weight excluding hydrogens is 224 g/mol.